The van der Waals surface area contributed by atoms with Gasteiger partial charge in [0.05, 0.1) is 51.5 Å². The molecule has 296 valence electrons. The number of nitro groups is 2. The zero-order valence-corrected chi connectivity index (χ0v) is 31.8. The van der Waals surface area contributed by atoms with Crippen LogP contribution in [0.25, 0.3) is 0 Å². The first-order valence-electron chi connectivity index (χ1n) is 18.6. The highest BCUT2D eigenvalue weighted by molar-refractivity contribution is 6.23. The van der Waals surface area contributed by atoms with E-state index in [2.05, 4.69) is 5.43 Å². The maximum atomic E-state index is 15.4. The predicted octanol–water partition coefficient (Wildman–Crippen LogP) is 5.78. The van der Waals surface area contributed by atoms with Crippen LogP contribution < -0.4 is 20.0 Å². The fourth-order valence-corrected chi connectivity index (χ4v) is 9.74. The second-order valence-corrected chi connectivity index (χ2v) is 15.3. The van der Waals surface area contributed by atoms with E-state index >= 15 is 4.79 Å². The summed E-state index contributed by atoms with van der Waals surface area (Å²) in [6, 6.07) is 22.5. The Hall–Kier alpha value is -7.10. The number of carbonyl (C=O) groups excluding carboxylic acids is 4. The Labute approximate surface area is 331 Å². The number of allylic oxidation sites excluding steroid dienone is 2. The number of fused-ring (bicyclic) bond motifs is 4. The van der Waals surface area contributed by atoms with Crippen LogP contribution in [0.5, 0.6) is 11.5 Å². The van der Waals surface area contributed by atoms with Gasteiger partial charge in [-0.05, 0) is 49.4 Å². The molecule has 2 N–H and O–H groups in total. The molecular weight excluding hydrogens is 748 g/mol. The van der Waals surface area contributed by atoms with Crippen LogP contribution in [0.15, 0.2) is 96.6 Å². The third kappa shape index (κ3) is 5.49. The number of phenols is 1. The maximum absolute atomic E-state index is 15.4. The van der Waals surface area contributed by atoms with Crippen LogP contribution in [0, 0.1) is 50.8 Å². The molecule has 1 saturated carbocycles. The van der Waals surface area contributed by atoms with E-state index in [4.69, 9.17) is 4.74 Å². The Morgan fingerprint density at radius 3 is 2.12 bits per heavy atom. The second kappa shape index (κ2) is 13.8. The van der Waals surface area contributed by atoms with Crippen molar-refractivity contribution in [3.05, 3.63) is 133 Å². The molecule has 16 heteroatoms. The highest BCUT2D eigenvalue weighted by atomic mass is 16.6. The fraction of sp³-hybridized carbons (Fsp3) is 0.286. The van der Waals surface area contributed by atoms with Crippen molar-refractivity contribution in [3.8, 4) is 11.5 Å². The van der Waals surface area contributed by atoms with Gasteiger partial charge in [0.1, 0.15) is 11.5 Å². The number of nitro benzene ring substituents is 2. The number of benzene rings is 4. The number of hydrogen-bond acceptors (Lipinski definition) is 12. The SMILES string of the molecule is COc1cc(O)ccc1C1C2=CCC3C(=O)N(c4cc([N+](=O)[O-])c(N(C)C)c([N+](=O)[O-])c4)C(=O)C3C2CC2C(=O)N(Nc3ccc(C)cc3)C(=O)C21c1ccccc1. The molecule has 0 aromatic heterocycles. The molecule has 2 saturated heterocycles. The van der Waals surface area contributed by atoms with Crippen LogP contribution in [-0.2, 0) is 24.6 Å². The summed E-state index contributed by atoms with van der Waals surface area (Å²) in [6.07, 6.45) is 1.81. The number of nitrogens with one attached hydrogen (secondary N) is 1. The lowest BCUT2D eigenvalue weighted by molar-refractivity contribution is -0.392. The third-order valence-corrected chi connectivity index (χ3v) is 12.1. The molecule has 0 spiro atoms. The topological polar surface area (TPSA) is 206 Å². The van der Waals surface area contributed by atoms with E-state index in [1.807, 2.05) is 25.1 Å². The number of hydrogen-bond donors (Lipinski definition) is 2. The van der Waals surface area contributed by atoms with E-state index in [1.54, 1.807) is 48.5 Å². The molecule has 4 amide bonds. The fourth-order valence-electron chi connectivity index (χ4n) is 9.74. The van der Waals surface area contributed by atoms with E-state index in [-0.39, 0.29) is 35.7 Å². The number of hydrazine groups is 1. The Morgan fingerprint density at radius 1 is 0.862 bits per heavy atom. The minimum atomic E-state index is -1.61. The number of carbonyl (C=O) groups is 4. The van der Waals surface area contributed by atoms with Crippen molar-refractivity contribution < 1.29 is 38.9 Å². The molecule has 16 nitrogen and oxygen atoms in total. The van der Waals surface area contributed by atoms with Crippen LogP contribution in [0.4, 0.5) is 28.4 Å². The Bertz CT molecular complexity index is 2430. The largest absolute Gasteiger partial charge is 0.508 e. The van der Waals surface area contributed by atoms with Crippen molar-refractivity contribution in [1.29, 1.82) is 0 Å². The summed E-state index contributed by atoms with van der Waals surface area (Å²) in [7, 11) is 4.24. The summed E-state index contributed by atoms with van der Waals surface area (Å²) in [5.74, 6) is -7.36. The summed E-state index contributed by atoms with van der Waals surface area (Å²) in [5.41, 5.74) is 2.53. The summed E-state index contributed by atoms with van der Waals surface area (Å²) in [6.45, 7) is 1.91. The van der Waals surface area contributed by atoms with E-state index in [1.165, 1.54) is 38.2 Å². The highest BCUT2D eigenvalue weighted by Crippen LogP contribution is 2.65. The second-order valence-electron chi connectivity index (χ2n) is 15.3. The van der Waals surface area contributed by atoms with E-state index < -0.39 is 79.9 Å². The zero-order valence-electron chi connectivity index (χ0n) is 31.8. The molecule has 2 heterocycles. The lowest BCUT2D eigenvalue weighted by Crippen LogP contribution is -2.53. The van der Waals surface area contributed by atoms with Gasteiger partial charge >= 0.3 is 11.4 Å². The minimum absolute atomic E-state index is 0.0252. The first kappa shape index (κ1) is 37.8. The molecule has 6 unspecified atom stereocenters. The van der Waals surface area contributed by atoms with Gasteiger partial charge in [0, 0.05) is 43.8 Å². The predicted molar refractivity (Wildman–Crippen MR) is 210 cm³/mol. The van der Waals surface area contributed by atoms with Crippen molar-refractivity contribution in [2.75, 3.05) is 36.4 Å². The molecule has 3 fully saturated rings. The van der Waals surface area contributed by atoms with Gasteiger partial charge in [-0.1, -0.05) is 65.7 Å². The number of aromatic hydroxyl groups is 1. The molecule has 4 aromatic rings. The number of ether oxygens (including phenoxy) is 1. The minimum Gasteiger partial charge on any atom is -0.508 e. The summed E-state index contributed by atoms with van der Waals surface area (Å²) in [4.78, 5) is 84.4. The van der Waals surface area contributed by atoms with Crippen LogP contribution in [0.2, 0.25) is 0 Å². The maximum Gasteiger partial charge on any atom is 0.301 e. The number of amides is 4. The van der Waals surface area contributed by atoms with Gasteiger partial charge in [0.15, 0.2) is 5.69 Å². The third-order valence-electron chi connectivity index (χ3n) is 12.1. The van der Waals surface area contributed by atoms with Gasteiger partial charge in [0.25, 0.3) is 11.8 Å². The summed E-state index contributed by atoms with van der Waals surface area (Å²) < 4.78 is 5.82. The first-order chi connectivity index (χ1) is 27.7. The van der Waals surface area contributed by atoms with Crippen molar-refractivity contribution >= 4 is 52.1 Å². The average molecular weight is 787 g/mol. The smallest absolute Gasteiger partial charge is 0.301 e. The quantitative estimate of drug-likeness (QED) is 0.0897. The Kier molecular flexibility index (Phi) is 9.01. The lowest BCUT2D eigenvalue weighted by Gasteiger charge is -2.50. The van der Waals surface area contributed by atoms with Gasteiger partial charge in [-0.15, -0.1) is 0 Å². The van der Waals surface area contributed by atoms with Gasteiger partial charge in [-0.2, -0.15) is 5.01 Å². The molecule has 4 aliphatic rings. The first-order valence-corrected chi connectivity index (χ1v) is 18.6. The molecule has 0 bridgehead atoms. The molecule has 6 atom stereocenters. The molecule has 0 radical (unpaired) electrons. The van der Waals surface area contributed by atoms with Gasteiger partial charge in [-0.25, -0.2) is 4.90 Å². The number of aryl methyl sites for hydroxylation is 1. The number of anilines is 3. The van der Waals surface area contributed by atoms with E-state index in [0.29, 0.717) is 22.4 Å². The van der Waals surface area contributed by atoms with Crippen LogP contribution in [0.3, 0.4) is 0 Å². The van der Waals surface area contributed by atoms with Crippen LogP contribution in [0.1, 0.15) is 35.4 Å². The van der Waals surface area contributed by atoms with Gasteiger partial charge in [-0.3, -0.25) is 44.8 Å². The number of imide groups is 2. The Morgan fingerprint density at radius 2 is 1.52 bits per heavy atom. The Balaban J connectivity index is 1.32. The van der Waals surface area contributed by atoms with Crippen molar-refractivity contribution in [3.63, 3.8) is 0 Å². The summed E-state index contributed by atoms with van der Waals surface area (Å²) in [5, 5.41) is 36.1. The molecular formula is C42H38N6O10. The lowest BCUT2D eigenvalue weighted by atomic mass is 9.49. The van der Waals surface area contributed by atoms with Crippen molar-refractivity contribution in [2.24, 2.45) is 23.7 Å². The van der Waals surface area contributed by atoms with Crippen molar-refractivity contribution in [1.82, 2.24) is 5.01 Å². The number of methoxy groups -OCH3 is 1. The monoisotopic (exact) mass is 786 g/mol. The number of nitrogens with zero attached hydrogens (tertiary/aromatic N) is 5. The molecule has 4 aromatic carbocycles. The highest BCUT2D eigenvalue weighted by Gasteiger charge is 2.70. The number of rotatable bonds is 9. The van der Waals surface area contributed by atoms with Crippen LogP contribution >= 0.6 is 0 Å². The molecule has 8 rings (SSSR count). The normalized spacial score (nSPS) is 24.8. The molecule has 2 aliphatic carbocycles. The zero-order chi connectivity index (χ0) is 41.4. The van der Waals surface area contributed by atoms with E-state index in [0.717, 1.165) is 27.6 Å². The van der Waals surface area contributed by atoms with Gasteiger partial charge in [0.2, 0.25) is 11.8 Å². The molecule has 2 aliphatic heterocycles. The van der Waals surface area contributed by atoms with Crippen LogP contribution in [-0.4, -0.2) is 64.8 Å². The van der Waals surface area contributed by atoms with Crippen molar-refractivity contribution in [2.45, 2.75) is 31.1 Å². The standard InChI is InChI=1S/C42H38N6O10/c1-22-10-12-24(13-11-22)43-46-39(51)31-21-30-27(36(28-15-14-26(49)20-34(28)58-4)42(31,41(46)53)23-8-6-5-7-9-23)16-17-29-35(30)40(52)45(38(29)50)25-18-32(47(54)55)37(44(2)3)33(19-25)48(56)57/h5-16,18-20,29-31,35-36,43,49H,17,21H2,1-4H3. The molecule has 58 heavy (non-hydrogen) atoms. The summed E-state index contributed by atoms with van der Waals surface area (Å²) >= 11 is 0. The number of phenolic OH excluding ortho intramolecular Hbond substituents is 1. The van der Waals surface area contributed by atoms with E-state index in [9.17, 15) is 39.7 Å². The average Bonchev–Trinajstić information content (AvgIpc) is 3.59. The van der Waals surface area contributed by atoms with Gasteiger partial charge < -0.3 is 14.7 Å².